The van der Waals surface area contributed by atoms with Crippen molar-refractivity contribution in [3.8, 4) is 0 Å². The van der Waals surface area contributed by atoms with Crippen molar-refractivity contribution < 1.29 is 0 Å². The Morgan fingerprint density at radius 3 is 2.75 bits per heavy atom. The van der Waals surface area contributed by atoms with Crippen LogP contribution in [-0.4, -0.2) is 37.8 Å². The molecule has 0 amide bonds. The van der Waals surface area contributed by atoms with E-state index in [-0.39, 0.29) is 0 Å². The van der Waals surface area contributed by atoms with Gasteiger partial charge in [-0.2, -0.15) is 0 Å². The number of hydrogen-bond donors (Lipinski definition) is 0. The van der Waals surface area contributed by atoms with Crippen LogP contribution in [0.2, 0.25) is 0 Å². The number of benzene rings is 1. The molecule has 0 bridgehead atoms. The van der Waals surface area contributed by atoms with E-state index in [1.54, 1.807) is 0 Å². The molecule has 1 aliphatic heterocycles. The van der Waals surface area contributed by atoms with Crippen LogP contribution in [0.3, 0.4) is 0 Å². The molecule has 1 aliphatic rings. The summed E-state index contributed by atoms with van der Waals surface area (Å²) in [7, 11) is 0. The van der Waals surface area contributed by atoms with Crippen molar-refractivity contribution in [1.29, 1.82) is 0 Å². The van der Waals surface area contributed by atoms with E-state index in [0.29, 0.717) is 11.7 Å². The molecule has 126 valence electrons. The van der Waals surface area contributed by atoms with Gasteiger partial charge in [0.05, 0.1) is 0 Å². The van der Waals surface area contributed by atoms with E-state index in [1.165, 1.54) is 23.0 Å². The number of nitrogens with zero attached hydrogens (tertiary/aromatic N) is 6. The van der Waals surface area contributed by atoms with E-state index in [1.807, 2.05) is 26.0 Å². The van der Waals surface area contributed by atoms with Crippen LogP contribution in [0.15, 0.2) is 42.5 Å². The summed E-state index contributed by atoms with van der Waals surface area (Å²) in [5.74, 6) is 0.968. The molecule has 1 aromatic carbocycles. The molecule has 1 saturated heterocycles. The first kappa shape index (κ1) is 16.4. The molecule has 3 heterocycles. The molecule has 4 rings (SSSR count). The lowest BCUT2D eigenvalue weighted by molar-refractivity contribution is 0.599. The smallest absolute Gasteiger partial charge is 0.200 e. The summed E-state index contributed by atoms with van der Waals surface area (Å²) in [5.41, 5.74) is 2.09. The van der Waals surface area contributed by atoms with Gasteiger partial charge in [-0.1, -0.05) is 44.2 Å². The first-order chi connectivity index (χ1) is 11.9. The van der Waals surface area contributed by atoms with E-state index in [4.69, 9.17) is 0 Å². The molecule has 0 saturated carbocycles. The highest BCUT2D eigenvalue weighted by Gasteiger charge is 2.25. The summed E-state index contributed by atoms with van der Waals surface area (Å²) in [6.07, 6.45) is 4.70. The molecule has 6 heteroatoms. The normalized spacial score (nSPS) is 16.9. The van der Waals surface area contributed by atoms with Crippen molar-refractivity contribution in [3.63, 3.8) is 0 Å². The van der Waals surface area contributed by atoms with E-state index in [0.717, 1.165) is 25.2 Å². The lowest BCUT2D eigenvalue weighted by Crippen LogP contribution is -2.30. The van der Waals surface area contributed by atoms with Crippen molar-refractivity contribution in [2.24, 2.45) is 0 Å². The van der Waals surface area contributed by atoms with Crippen LogP contribution in [0.25, 0.3) is 5.65 Å². The Kier molecular flexibility index (Phi) is 5.36. The van der Waals surface area contributed by atoms with Crippen LogP contribution < -0.4 is 4.90 Å². The third kappa shape index (κ3) is 3.53. The van der Waals surface area contributed by atoms with E-state index < -0.39 is 0 Å². The Morgan fingerprint density at radius 2 is 1.92 bits per heavy atom. The van der Waals surface area contributed by atoms with Gasteiger partial charge in [0.1, 0.15) is 0 Å². The minimum absolute atomic E-state index is 0.543. The SMILES string of the molecule is CC.c1ccc(CCC2CCCN2c2ccc3nnnn3n2)cc1. The van der Waals surface area contributed by atoms with Gasteiger partial charge in [0.25, 0.3) is 0 Å². The zero-order chi connectivity index (χ0) is 16.8. The Labute approximate surface area is 142 Å². The molecule has 3 aromatic rings. The molecule has 6 nitrogen and oxygen atoms in total. The Hall–Kier alpha value is -2.50. The van der Waals surface area contributed by atoms with Crippen LogP contribution in [0.5, 0.6) is 0 Å². The van der Waals surface area contributed by atoms with Crippen LogP contribution >= 0.6 is 0 Å². The van der Waals surface area contributed by atoms with Crippen LogP contribution in [0, 0.1) is 0 Å². The fourth-order valence-electron chi connectivity index (χ4n) is 3.21. The number of aryl methyl sites for hydroxylation is 1. The van der Waals surface area contributed by atoms with Crippen LogP contribution in [0.1, 0.15) is 38.7 Å². The van der Waals surface area contributed by atoms with Crippen molar-refractivity contribution in [2.75, 3.05) is 11.4 Å². The topological polar surface area (TPSA) is 59.2 Å². The zero-order valence-electron chi connectivity index (χ0n) is 14.3. The molecular weight excluding hydrogens is 300 g/mol. The van der Waals surface area contributed by atoms with Crippen molar-refractivity contribution in [2.45, 2.75) is 45.6 Å². The zero-order valence-corrected chi connectivity index (χ0v) is 14.3. The average molecular weight is 324 g/mol. The first-order valence-electron chi connectivity index (χ1n) is 8.76. The van der Waals surface area contributed by atoms with Gasteiger partial charge in [0.2, 0.25) is 0 Å². The maximum absolute atomic E-state index is 4.53. The summed E-state index contributed by atoms with van der Waals surface area (Å²) >= 11 is 0. The van der Waals surface area contributed by atoms with Crippen LogP contribution in [-0.2, 0) is 6.42 Å². The molecule has 1 unspecified atom stereocenters. The standard InChI is InChI=1S/C16H18N6.C2H6/c1-2-5-13(6-3-1)8-9-14-7-4-12-21(14)16-11-10-15-17-19-20-22(15)18-16;1-2/h1-3,5-6,10-11,14H,4,7-9,12H2;1-2H3. The first-order valence-corrected chi connectivity index (χ1v) is 8.76. The maximum atomic E-state index is 4.53. The molecular formula is C18H24N6. The lowest BCUT2D eigenvalue weighted by Gasteiger charge is -2.25. The molecule has 0 aliphatic carbocycles. The fraction of sp³-hybridized carbons (Fsp3) is 0.444. The Morgan fingerprint density at radius 1 is 1.08 bits per heavy atom. The van der Waals surface area contributed by atoms with Crippen molar-refractivity contribution >= 4 is 11.5 Å². The van der Waals surface area contributed by atoms with Gasteiger partial charge in [-0.3, -0.25) is 0 Å². The summed E-state index contributed by atoms with van der Waals surface area (Å²) < 4.78 is 1.50. The second-order valence-electron chi connectivity index (χ2n) is 5.73. The fourth-order valence-corrected chi connectivity index (χ4v) is 3.21. The quantitative estimate of drug-likeness (QED) is 0.738. The highest BCUT2D eigenvalue weighted by atomic mass is 15.6. The van der Waals surface area contributed by atoms with Crippen molar-refractivity contribution in [1.82, 2.24) is 25.3 Å². The maximum Gasteiger partial charge on any atom is 0.200 e. The summed E-state index contributed by atoms with van der Waals surface area (Å²) in [6, 6.07) is 15.2. The van der Waals surface area contributed by atoms with E-state index >= 15 is 0 Å². The molecule has 24 heavy (non-hydrogen) atoms. The van der Waals surface area contributed by atoms with Gasteiger partial charge in [-0.05, 0) is 53.8 Å². The molecule has 0 N–H and O–H groups in total. The molecule has 0 spiro atoms. The average Bonchev–Trinajstić information content (AvgIpc) is 3.31. The van der Waals surface area contributed by atoms with Gasteiger partial charge >= 0.3 is 0 Å². The number of rotatable bonds is 4. The monoisotopic (exact) mass is 324 g/mol. The largest absolute Gasteiger partial charge is 0.352 e. The highest BCUT2D eigenvalue weighted by Crippen LogP contribution is 2.26. The van der Waals surface area contributed by atoms with Gasteiger partial charge in [-0.15, -0.1) is 14.8 Å². The molecule has 1 atom stereocenters. The second-order valence-corrected chi connectivity index (χ2v) is 5.73. The summed E-state index contributed by atoms with van der Waals surface area (Å²) in [4.78, 5) is 2.39. The predicted octanol–water partition coefficient (Wildman–Crippen LogP) is 3.15. The van der Waals surface area contributed by atoms with Crippen LogP contribution in [0.4, 0.5) is 5.82 Å². The van der Waals surface area contributed by atoms with E-state index in [9.17, 15) is 0 Å². The predicted molar refractivity (Wildman–Crippen MR) is 95.1 cm³/mol. The third-order valence-electron chi connectivity index (χ3n) is 4.34. The lowest BCUT2D eigenvalue weighted by atomic mass is 10.0. The number of tetrazole rings is 1. The Balaban J connectivity index is 0.000000815. The molecule has 0 radical (unpaired) electrons. The summed E-state index contributed by atoms with van der Waals surface area (Å²) in [5, 5.41) is 16.0. The Bertz CT molecular complexity index is 754. The van der Waals surface area contributed by atoms with Gasteiger partial charge < -0.3 is 4.90 Å². The summed E-state index contributed by atoms with van der Waals surface area (Å²) in [6.45, 7) is 5.06. The number of aromatic nitrogens is 5. The minimum Gasteiger partial charge on any atom is -0.352 e. The van der Waals surface area contributed by atoms with E-state index in [2.05, 4.69) is 55.9 Å². The number of fused-ring (bicyclic) bond motifs is 1. The number of anilines is 1. The number of hydrogen-bond acceptors (Lipinski definition) is 5. The minimum atomic E-state index is 0.543. The van der Waals surface area contributed by atoms with Gasteiger partial charge in [0, 0.05) is 12.6 Å². The molecule has 1 fully saturated rings. The van der Waals surface area contributed by atoms with Gasteiger partial charge in [-0.25, -0.2) is 0 Å². The van der Waals surface area contributed by atoms with Gasteiger partial charge in [0.15, 0.2) is 11.5 Å². The van der Waals surface area contributed by atoms with Crippen molar-refractivity contribution in [3.05, 3.63) is 48.0 Å². The molecule has 2 aromatic heterocycles. The third-order valence-corrected chi connectivity index (χ3v) is 4.34. The highest BCUT2D eigenvalue weighted by molar-refractivity contribution is 5.45. The second kappa shape index (κ2) is 7.86.